The first-order valence-corrected chi connectivity index (χ1v) is 6.68. The third-order valence-corrected chi connectivity index (χ3v) is 3.27. The van der Waals surface area contributed by atoms with Gasteiger partial charge >= 0.3 is 0 Å². The molecule has 0 aliphatic carbocycles. The molecule has 0 aliphatic rings. The molecular formula is C15H21N3O. The van der Waals surface area contributed by atoms with E-state index in [0.717, 1.165) is 12.8 Å². The summed E-state index contributed by atoms with van der Waals surface area (Å²) in [6.45, 7) is 7.01. The fourth-order valence-electron chi connectivity index (χ4n) is 2.35. The second kappa shape index (κ2) is 5.97. The molecule has 0 aliphatic heterocycles. The van der Waals surface area contributed by atoms with Crippen molar-refractivity contribution in [3.8, 4) is 0 Å². The average Bonchev–Trinajstić information content (AvgIpc) is 2.79. The first kappa shape index (κ1) is 13.7. The molecule has 4 nitrogen and oxygen atoms in total. The number of nitrogens with two attached hydrogens (primary N) is 1. The maximum Gasteiger partial charge on any atom is 0.220 e. The van der Waals surface area contributed by atoms with Gasteiger partial charge in [0.1, 0.15) is 0 Å². The maximum atomic E-state index is 5.65. The van der Waals surface area contributed by atoms with Gasteiger partial charge in [0.05, 0.1) is 6.42 Å². The van der Waals surface area contributed by atoms with Crippen molar-refractivity contribution < 1.29 is 4.42 Å². The van der Waals surface area contributed by atoms with Crippen molar-refractivity contribution in [2.24, 2.45) is 5.73 Å². The van der Waals surface area contributed by atoms with Crippen molar-refractivity contribution in [3.05, 3.63) is 46.2 Å². The molecule has 1 aromatic heterocycles. The fourth-order valence-corrected chi connectivity index (χ4v) is 2.35. The third-order valence-electron chi connectivity index (χ3n) is 3.27. The summed E-state index contributed by atoms with van der Waals surface area (Å²) in [6.07, 6.45) is 2.34. The van der Waals surface area contributed by atoms with E-state index >= 15 is 0 Å². The molecule has 2 rings (SSSR count). The lowest BCUT2D eigenvalue weighted by Gasteiger charge is -2.09. The lowest BCUT2D eigenvalue weighted by molar-refractivity contribution is 0.452. The smallest absolute Gasteiger partial charge is 0.220 e. The van der Waals surface area contributed by atoms with Crippen LogP contribution in [-0.4, -0.2) is 16.7 Å². The Labute approximate surface area is 114 Å². The largest absolute Gasteiger partial charge is 0.425 e. The van der Waals surface area contributed by atoms with E-state index in [-0.39, 0.29) is 0 Å². The van der Waals surface area contributed by atoms with Gasteiger partial charge < -0.3 is 10.2 Å². The summed E-state index contributed by atoms with van der Waals surface area (Å²) >= 11 is 0. The zero-order valence-corrected chi connectivity index (χ0v) is 11.9. The summed E-state index contributed by atoms with van der Waals surface area (Å²) in [5, 5.41) is 8.17. The van der Waals surface area contributed by atoms with Gasteiger partial charge in [0.15, 0.2) is 0 Å². The van der Waals surface area contributed by atoms with Crippen molar-refractivity contribution in [1.29, 1.82) is 0 Å². The molecule has 19 heavy (non-hydrogen) atoms. The number of aromatic nitrogens is 2. The van der Waals surface area contributed by atoms with Crippen LogP contribution in [0.15, 0.2) is 16.5 Å². The minimum absolute atomic E-state index is 0.647. The summed E-state index contributed by atoms with van der Waals surface area (Å²) in [6, 6.07) is 4.38. The molecule has 0 saturated carbocycles. The number of hydrogen-bond donors (Lipinski definition) is 1. The molecule has 0 bridgehead atoms. The molecule has 0 amide bonds. The Morgan fingerprint density at radius 1 is 1.05 bits per heavy atom. The zero-order chi connectivity index (χ0) is 13.8. The molecule has 0 atom stereocenters. The highest BCUT2D eigenvalue weighted by molar-refractivity contribution is 5.38. The van der Waals surface area contributed by atoms with Gasteiger partial charge in [0.2, 0.25) is 11.8 Å². The van der Waals surface area contributed by atoms with E-state index in [1.807, 2.05) is 0 Å². The van der Waals surface area contributed by atoms with Gasteiger partial charge in [-0.1, -0.05) is 17.7 Å². The SMILES string of the molecule is Cc1cc(C)c(Cc2nnc(CCCN)o2)c(C)c1. The van der Waals surface area contributed by atoms with Crippen LogP contribution in [0.5, 0.6) is 0 Å². The molecule has 0 saturated heterocycles. The van der Waals surface area contributed by atoms with E-state index in [1.165, 1.54) is 22.3 Å². The summed E-state index contributed by atoms with van der Waals surface area (Å²) in [7, 11) is 0. The van der Waals surface area contributed by atoms with Crippen LogP contribution < -0.4 is 5.73 Å². The third kappa shape index (κ3) is 3.41. The molecule has 0 radical (unpaired) electrons. The van der Waals surface area contributed by atoms with Crippen LogP contribution in [0.3, 0.4) is 0 Å². The highest BCUT2D eigenvalue weighted by Crippen LogP contribution is 2.19. The van der Waals surface area contributed by atoms with E-state index in [1.54, 1.807) is 0 Å². The minimum Gasteiger partial charge on any atom is -0.425 e. The van der Waals surface area contributed by atoms with Crippen molar-refractivity contribution >= 4 is 0 Å². The van der Waals surface area contributed by atoms with Crippen LogP contribution in [0.2, 0.25) is 0 Å². The lowest BCUT2D eigenvalue weighted by atomic mass is 9.97. The zero-order valence-electron chi connectivity index (χ0n) is 11.9. The molecule has 2 aromatic rings. The van der Waals surface area contributed by atoms with Gasteiger partial charge in [0, 0.05) is 6.42 Å². The molecule has 1 aromatic carbocycles. The monoisotopic (exact) mass is 259 g/mol. The first-order chi connectivity index (χ1) is 9.10. The topological polar surface area (TPSA) is 64.9 Å². The molecule has 1 heterocycles. The number of aryl methyl sites for hydroxylation is 4. The van der Waals surface area contributed by atoms with Crippen LogP contribution in [0.4, 0.5) is 0 Å². The van der Waals surface area contributed by atoms with E-state index in [9.17, 15) is 0 Å². The van der Waals surface area contributed by atoms with Crippen molar-refractivity contribution in [3.63, 3.8) is 0 Å². The molecule has 0 fully saturated rings. The Balaban J connectivity index is 2.15. The Hall–Kier alpha value is -1.68. The van der Waals surface area contributed by atoms with Gasteiger partial charge in [0.25, 0.3) is 0 Å². The predicted octanol–water partition coefficient (Wildman–Crippen LogP) is 2.48. The Morgan fingerprint density at radius 3 is 2.32 bits per heavy atom. The highest BCUT2D eigenvalue weighted by Gasteiger charge is 2.10. The second-order valence-corrected chi connectivity index (χ2v) is 5.04. The van der Waals surface area contributed by atoms with Gasteiger partial charge in [-0.2, -0.15) is 0 Å². The summed E-state index contributed by atoms with van der Waals surface area (Å²) < 4.78 is 5.65. The minimum atomic E-state index is 0.647. The number of hydrogen-bond acceptors (Lipinski definition) is 4. The first-order valence-electron chi connectivity index (χ1n) is 6.68. The number of benzene rings is 1. The Kier molecular flexibility index (Phi) is 4.32. The van der Waals surface area contributed by atoms with Gasteiger partial charge in [-0.3, -0.25) is 0 Å². The van der Waals surface area contributed by atoms with Crippen LogP contribution in [0, 0.1) is 20.8 Å². The van der Waals surface area contributed by atoms with Crippen molar-refractivity contribution in [2.75, 3.05) is 6.54 Å². The van der Waals surface area contributed by atoms with Crippen LogP contribution in [0.25, 0.3) is 0 Å². The molecule has 0 spiro atoms. The lowest BCUT2D eigenvalue weighted by Crippen LogP contribution is -2.00. The molecule has 2 N–H and O–H groups in total. The van der Waals surface area contributed by atoms with Crippen LogP contribution >= 0.6 is 0 Å². The normalized spacial score (nSPS) is 10.9. The molecule has 102 valence electrons. The van der Waals surface area contributed by atoms with E-state index < -0.39 is 0 Å². The van der Waals surface area contributed by atoms with E-state index in [2.05, 4.69) is 43.1 Å². The summed E-state index contributed by atoms with van der Waals surface area (Å²) in [4.78, 5) is 0. The Bertz CT molecular complexity index is 537. The van der Waals surface area contributed by atoms with Gasteiger partial charge in [-0.05, 0) is 50.4 Å². The van der Waals surface area contributed by atoms with Crippen molar-refractivity contribution in [2.45, 2.75) is 40.0 Å². The van der Waals surface area contributed by atoms with Gasteiger partial charge in [-0.25, -0.2) is 0 Å². The average molecular weight is 259 g/mol. The van der Waals surface area contributed by atoms with E-state index in [4.69, 9.17) is 10.2 Å². The highest BCUT2D eigenvalue weighted by atomic mass is 16.4. The summed E-state index contributed by atoms with van der Waals surface area (Å²) in [5.41, 5.74) is 10.6. The van der Waals surface area contributed by atoms with Gasteiger partial charge in [-0.15, -0.1) is 10.2 Å². The maximum absolute atomic E-state index is 5.65. The predicted molar refractivity (Wildman–Crippen MR) is 75.1 cm³/mol. The van der Waals surface area contributed by atoms with E-state index in [0.29, 0.717) is 24.7 Å². The number of rotatable bonds is 5. The second-order valence-electron chi connectivity index (χ2n) is 5.04. The molecule has 0 unspecified atom stereocenters. The summed E-state index contributed by atoms with van der Waals surface area (Å²) in [5.74, 6) is 1.37. The van der Waals surface area contributed by atoms with Crippen LogP contribution in [-0.2, 0) is 12.8 Å². The Morgan fingerprint density at radius 2 is 1.68 bits per heavy atom. The quantitative estimate of drug-likeness (QED) is 0.896. The number of nitrogens with zero attached hydrogens (tertiary/aromatic N) is 2. The van der Waals surface area contributed by atoms with Crippen molar-refractivity contribution in [1.82, 2.24) is 10.2 Å². The molecular weight excluding hydrogens is 238 g/mol. The molecule has 4 heteroatoms. The van der Waals surface area contributed by atoms with Crippen LogP contribution in [0.1, 0.15) is 40.5 Å². The standard InChI is InChI=1S/C15H21N3O/c1-10-7-11(2)13(12(3)8-10)9-15-18-17-14(19-15)5-4-6-16/h7-8H,4-6,9,16H2,1-3H3. The fraction of sp³-hybridized carbons (Fsp3) is 0.467.